The van der Waals surface area contributed by atoms with Crippen LogP contribution < -0.4 is 15.4 Å². The molecular weight excluding hydrogens is 462 g/mol. The molecule has 4 rings (SSSR count). The maximum Gasteiger partial charge on any atom is 0.308 e. The van der Waals surface area contributed by atoms with Gasteiger partial charge in [-0.1, -0.05) is 30.3 Å². The number of anilines is 1. The maximum absolute atomic E-state index is 12.7. The lowest BCUT2D eigenvalue weighted by Gasteiger charge is -2.21. The smallest absolute Gasteiger partial charge is 0.308 e. The topological polar surface area (TPSA) is 122 Å². The average Bonchev–Trinajstić information content (AvgIpc) is 3.12. The Bertz CT molecular complexity index is 1330. The summed E-state index contributed by atoms with van der Waals surface area (Å²) < 4.78 is 5.00. The first-order valence-corrected chi connectivity index (χ1v) is 11.2. The van der Waals surface area contributed by atoms with Gasteiger partial charge in [-0.15, -0.1) is 0 Å². The number of amides is 4. The number of esters is 1. The van der Waals surface area contributed by atoms with Crippen molar-refractivity contribution in [3.05, 3.63) is 95.1 Å². The molecule has 1 aliphatic heterocycles. The van der Waals surface area contributed by atoms with Crippen molar-refractivity contribution >= 4 is 35.3 Å². The summed E-state index contributed by atoms with van der Waals surface area (Å²) >= 11 is 0. The summed E-state index contributed by atoms with van der Waals surface area (Å²) in [6, 6.07) is 18.5. The molecular formula is C27H23N3O6. The third-order valence-electron chi connectivity index (χ3n) is 5.62. The van der Waals surface area contributed by atoms with Crippen LogP contribution in [0.25, 0.3) is 0 Å². The van der Waals surface area contributed by atoms with Crippen LogP contribution in [0.5, 0.6) is 5.75 Å². The number of nitrogens with zero attached hydrogens (tertiary/aromatic N) is 1. The average molecular weight is 485 g/mol. The highest BCUT2D eigenvalue weighted by molar-refractivity contribution is 6.23. The minimum absolute atomic E-state index is 0.232. The lowest BCUT2D eigenvalue weighted by Crippen LogP contribution is -2.45. The quantitative estimate of drug-likeness (QED) is 0.301. The zero-order valence-corrected chi connectivity index (χ0v) is 19.6. The van der Waals surface area contributed by atoms with Crippen molar-refractivity contribution in [2.75, 3.05) is 5.32 Å². The van der Waals surface area contributed by atoms with Crippen LogP contribution in [0, 0.1) is 0 Å². The predicted octanol–water partition coefficient (Wildman–Crippen LogP) is 3.17. The number of hydrogen-bond acceptors (Lipinski definition) is 6. The second-order valence-corrected chi connectivity index (χ2v) is 8.19. The van der Waals surface area contributed by atoms with Crippen molar-refractivity contribution < 1.29 is 28.7 Å². The van der Waals surface area contributed by atoms with Gasteiger partial charge in [0.15, 0.2) is 0 Å². The van der Waals surface area contributed by atoms with Crippen molar-refractivity contribution in [2.45, 2.75) is 26.4 Å². The maximum atomic E-state index is 12.7. The Balaban J connectivity index is 1.33. The van der Waals surface area contributed by atoms with E-state index >= 15 is 0 Å². The zero-order chi connectivity index (χ0) is 25.8. The molecule has 0 spiro atoms. The van der Waals surface area contributed by atoms with E-state index in [1.165, 1.54) is 19.9 Å². The van der Waals surface area contributed by atoms with Gasteiger partial charge in [0.2, 0.25) is 5.91 Å². The van der Waals surface area contributed by atoms with Gasteiger partial charge in [0.05, 0.1) is 11.1 Å². The third-order valence-corrected chi connectivity index (χ3v) is 5.62. The summed E-state index contributed by atoms with van der Waals surface area (Å²) in [6.45, 7) is 3.01. The molecule has 0 saturated carbocycles. The lowest BCUT2D eigenvalue weighted by molar-refractivity contribution is -0.131. The van der Waals surface area contributed by atoms with E-state index in [4.69, 9.17) is 4.74 Å². The summed E-state index contributed by atoms with van der Waals surface area (Å²) in [5.41, 5.74) is 2.18. The Morgan fingerprint density at radius 2 is 1.53 bits per heavy atom. The van der Waals surface area contributed by atoms with E-state index in [2.05, 4.69) is 10.6 Å². The summed E-state index contributed by atoms with van der Waals surface area (Å²) in [7, 11) is 0. The number of imide groups is 1. The molecule has 9 nitrogen and oxygen atoms in total. The number of carbonyl (C=O) groups is 5. The minimum atomic E-state index is -1.00. The van der Waals surface area contributed by atoms with Crippen LogP contribution in [-0.4, -0.2) is 40.5 Å². The van der Waals surface area contributed by atoms with Gasteiger partial charge in [0.25, 0.3) is 17.7 Å². The van der Waals surface area contributed by atoms with E-state index < -0.39 is 29.7 Å². The number of ether oxygens (including phenoxy) is 1. The second kappa shape index (κ2) is 10.2. The van der Waals surface area contributed by atoms with Crippen LogP contribution in [-0.2, 0) is 16.1 Å². The fourth-order valence-corrected chi connectivity index (χ4v) is 3.78. The normalized spacial score (nSPS) is 13.1. The van der Waals surface area contributed by atoms with E-state index in [1.54, 1.807) is 66.7 Å². The van der Waals surface area contributed by atoms with Crippen LogP contribution in [0.4, 0.5) is 5.69 Å². The second-order valence-electron chi connectivity index (χ2n) is 8.19. The Kier molecular flexibility index (Phi) is 6.91. The van der Waals surface area contributed by atoms with Gasteiger partial charge in [-0.3, -0.25) is 28.9 Å². The number of hydrogen-bond donors (Lipinski definition) is 2. The van der Waals surface area contributed by atoms with E-state index in [1.807, 2.05) is 0 Å². The molecule has 0 fully saturated rings. The zero-order valence-electron chi connectivity index (χ0n) is 19.6. The van der Waals surface area contributed by atoms with Gasteiger partial charge in [-0.2, -0.15) is 0 Å². The first-order valence-electron chi connectivity index (χ1n) is 11.2. The Morgan fingerprint density at radius 3 is 2.14 bits per heavy atom. The SMILES string of the molecule is CC(=O)Oc1cccc(C(=O)NCc2ccc(NC(=O)C(C)N3C(=O)c4ccccc4C3=O)cc2)c1. The van der Waals surface area contributed by atoms with Gasteiger partial charge in [-0.25, -0.2) is 0 Å². The summed E-state index contributed by atoms with van der Waals surface area (Å²) in [5, 5.41) is 5.49. The van der Waals surface area contributed by atoms with Crippen LogP contribution >= 0.6 is 0 Å². The number of benzene rings is 3. The molecule has 0 bridgehead atoms. The molecule has 0 aliphatic carbocycles. The fourth-order valence-electron chi connectivity index (χ4n) is 3.78. The molecule has 182 valence electrons. The van der Waals surface area contributed by atoms with Gasteiger partial charge in [-0.05, 0) is 55.0 Å². The standard InChI is InChI=1S/C27H23N3O6/c1-16(30-26(34)22-8-3-4-9-23(22)27(30)35)24(32)29-20-12-10-18(11-13-20)15-28-25(33)19-6-5-7-21(14-19)36-17(2)31/h3-14,16H,15H2,1-2H3,(H,28,33)(H,29,32). The van der Waals surface area contributed by atoms with Gasteiger partial charge >= 0.3 is 5.97 Å². The largest absolute Gasteiger partial charge is 0.427 e. The van der Waals surface area contributed by atoms with Crippen LogP contribution in [0.15, 0.2) is 72.8 Å². The van der Waals surface area contributed by atoms with E-state index in [9.17, 15) is 24.0 Å². The molecule has 4 amide bonds. The Morgan fingerprint density at radius 1 is 0.889 bits per heavy atom. The number of carbonyl (C=O) groups excluding carboxylic acids is 5. The number of fused-ring (bicyclic) bond motifs is 1. The summed E-state index contributed by atoms with van der Waals surface area (Å²) in [5.74, 6) is -2.02. The predicted molar refractivity (Wildman–Crippen MR) is 130 cm³/mol. The number of rotatable bonds is 7. The van der Waals surface area contributed by atoms with Crippen molar-refractivity contribution in [1.82, 2.24) is 10.2 Å². The molecule has 2 N–H and O–H groups in total. The van der Waals surface area contributed by atoms with Crippen molar-refractivity contribution in [2.24, 2.45) is 0 Å². The summed E-state index contributed by atoms with van der Waals surface area (Å²) in [4.78, 5) is 62.5. The summed E-state index contributed by atoms with van der Waals surface area (Å²) in [6.07, 6.45) is 0. The van der Waals surface area contributed by atoms with E-state index in [-0.39, 0.29) is 29.3 Å². The van der Waals surface area contributed by atoms with Gasteiger partial charge in [0.1, 0.15) is 11.8 Å². The number of nitrogens with one attached hydrogen (secondary N) is 2. The molecule has 3 aromatic carbocycles. The molecule has 0 aromatic heterocycles. The molecule has 9 heteroatoms. The van der Waals surface area contributed by atoms with E-state index in [0.717, 1.165) is 10.5 Å². The van der Waals surface area contributed by atoms with Crippen molar-refractivity contribution in [3.8, 4) is 5.75 Å². The van der Waals surface area contributed by atoms with E-state index in [0.29, 0.717) is 11.3 Å². The Labute approximate surface area is 207 Å². The first kappa shape index (κ1) is 24.3. The van der Waals surface area contributed by atoms with Crippen LogP contribution in [0.2, 0.25) is 0 Å². The van der Waals surface area contributed by atoms with Crippen molar-refractivity contribution in [1.29, 1.82) is 0 Å². The molecule has 0 saturated heterocycles. The molecule has 1 aliphatic rings. The third kappa shape index (κ3) is 5.15. The first-order chi connectivity index (χ1) is 17.2. The van der Waals surface area contributed by atoms with Crippen LogP contribution in [0.3, 0.4) is 0 Å². The van der Waals surface area contributed by atoms with Gasteiger partial charge in [0, 0.05) is 24.7 Å². The molecule has 3 aromatic rings. The monoisotopic (exact) mass is 485 g/mol. The fraction of sp³-hybridized carbons (Fsp3) is 0.148. The highest BCUT2D eigenvalue weighted by Crippen LogP contribution is 2.25. The highest BCUT2D eigenvalue weighted by Gasteiger charge is 2.40. The molecule has 0 radical (unpaired) electrons. The minimum Gasteiger partial charge on any atom is -0.427 e. The molecule has 36 heavy (non-hydrogen) atoms. The molecule has 1 atom stereocenters. The lowest BCUT2D eigenvalue weighted by atomic mass is 10.1. The van der Waals surface area contributed by atoms with Crippen molar-refractivity contribution in [3.63, 3.8) is 0 Å². The van der Waals surface area contributed by atoms with Gasteiger partial charge < -0.3 is 15.4 Å². The molecule has 1 heterocycles. The Hall–Kier alpha value is -4.79. The highest BCUT2D eigenvalue weighted by atomic mass is 16.5. The molecule has 1 unspecified atom stereocenters. The van der Waals surface area contributed by atoms with Crippen LogP contribution in [0.1, 0.15) is 50.5 Å².